The number of halogens is 1. The zero-order valence-corrected chi connectivity index (χ0v) is 11.0. The summed E-state index contributed by atoms with van der Waals surface area (Å²) in [7, 11) is 0. The van der Waals surface area contributed by atoms with Gasteiger partial charge in [0.2, 0.25) is 0 Å². The maximum Gasteiger partial charge on any atom is 0.275 e. The lowest BCUT2D eigenvalue weighted by atomic mass is 10.1. The van der Waals surface area contributed by atoms with Crippen molar-refractivity contribution >= 4 is 21.6 Å². The third-order valence-electron chi connectivity index (χ3n) is 2.38. The van der Waals surface area contributed by atoms with Gasteiger partial charge in [-0.1, -0.05) is 22.9 Å². The molecule has 0 fully saturated rings. The molecule has 1 aromatic rings. The van der Waals surface area contributed by atoms with Crippen LogP contribution in [0.4, 0.5) is 5.69 Å². The van der Waals surface area contributed by atoms with E-state index in [1.54, 1.807) is 12.1 Å². The maximum atomic E-state index is 10.9. The summed E-state index contributed by atoms with van der Waals surface area (Å²) in [5.41, 5.74) is 0.700. The molecule has 0 aliphatic carbocycles. The monoisotopic (exact) mass is 297 g/mol. The van der Waals surface area contributed by atoms with Crippen LogP contribution in [0.15, 0.2) is 22.7 Å². The summed E-state index contributed by atoms with van der Waals surface area (Å²) in [6.07, 6.45) is 0. The molecule has 17 heavy (non-hydrogen) atoms. The van der Waals surface area contributed by atoms with E-state index in [0.29, 0.717) is 23.1 Å². The summed E-state index contributed by atoms with van der Waals surface area (Å²) in [6.45, 7) is 3.28. The fourth-order valence-corrected chi connectivity index (χ4v) is 1.81. The first kappa shape index (κ1) is 13.6. The molecule has 0 saturated heterocycles. The largest absolute Gasteiger partial charge is 0.286 e. The van der Waals surface area contributed by atoms with Crippen molar-refractivity contribution in [3.8, 4) is 6.07 Å². The molecule has 0 radical (unpaired) electrons. The van der Waals surface area contributed by atoms with Crippen molar-refractivity contribution in [3.63, 3.8) is 0 Å². The Bertz CT molecular complexity index is 457. The lowest BCUT2D eigenvalue weighted by Gasteiger charge is -2.16. The summed E-state index contributed by atoms with van der Waals surface area (Å²) >= 11 is 3.21. The molecule has 0 bridgehead atoms. The van der Waals surface area contributed by atoms with Gasteiger partial charge >= 0.3 is 0 Å². The lowest BCUT2D eigenvalue weighted by molar-refractivity contribution is -0.385. The third-order valence-corrected chi connectivity index (χ3v) is 2.87. The Hall–Kier alpha value is -1.45. The SMILES string of the molecule is CCN(CC#N)Cc1ccc(Br)cc1[N+](=O)[O-]. The van der Waals surface area contributed by atoms with Crippen LogP contribution in [0.5, 0.6) is 0 Å². The normalized spacial score (nSPS) is 10.2. The van der Waals surface area contributed by atoms with E-state index in [2.05, 4.69) is 15.9 Å². The van der Waals surface area contributed by atoms with Gasteiger partial charge in [-0.2, -0.15) is 5.26 Å². The minimum absolute atomic E-state index is 0.0794. The standard InChI is InChI=1S/C11H12BrN3O2/c1-2-14(6-5-13)8-9-3-4-10(12)7-11(9)15(16)17/h3-4,7H,2,6,8H2,1H3. The zero-order valence-electron chi connectivity index (χ0n) is 9.39. The second-order valence-electron chi connectivity index (χ2n) is 3.49. The number of nitriles is 1. The summed E-state index contributed by atoms with van der Waals surface area (Å²) in [4.78, 5) is 12.3. The predicted octanol–water partition coefficient (Wildman–Crippen LogP) is 2.70. The Kier molecular flexibility index (Phi) is 5.07. The summed E-state index contributed by atoms with van der Waals surface area (Å²) < 4.78 is 0.677. The molecule has 6 heteroatoms. The van der Waals surface area contributed by atoms with Gasteiger partial charge < -0.3 is 0 Å². The van der Waals surface area contributed by atoms with E-state index < -0.39 is 4.92 Å². The molecule has 1 aromatic carbocycles. The summed E-state index contributed by atoms with van der Waals surface area (Å²) in [5.74, 6) is 0. The van der Waals surface area contributed by atoms with Crippen LogP contribution in [-0.4, -0.2) is 22.9 Å². The number of rotatable bonds is 5. The molecule has 0 aromatic heterocycles. The van der Waals surface area contributed by atoms with Gasteiger partial charge in [0.25, 0.3) is 5.69 Å². The molecule has 0 heterocycles. The van der Waals surface area contributed by atoms with Gasteiger partial charge in [-0.05, 0) is 18.7 Å². The van der Waals surface area contributed by atoms with E-state index in [1.165, 1.54) is 6.07 Å². The average Bonchev–Trinajstić information content (AvgIpc) is 2.30. The highest BCUT2D eigenvalue weighted by atomic mass is 79.9. The van der Waals surface area contributed by atoms with Crippen molar-refractivity contribution < 1.29 is 4.92 Å². The molecule has 0 atom stereocenters. The molecule has 0 saturated carbocycles. The van der Waals surface area contributed by atoms with Gasteiger partial charge in [0.05, 0.1) is 17.5 Å². The lowest BCUT2D eigenvalue weighted by Crippen LogP contribution is -2.23. The highest BCUT2D eigenvalue weighted by Crippen LogP contribution is 2.24. The van der Waals surface area contributed by atoms with Crippen LogP contribution in [0, 0.1) is 21.4 Å². The van der Waals surface area contributed by atoms with Crippen LogP contribution in [-0.2, 0) is 6.54 Å². The predicted molar refractivity (Wildman–Crippen MR) is 67.4 cm³/mol. The van der Waals surface area contributed by atoms with Gasteiger partial charge in [-0.3, -0.25) is 15.0 Å². The fourth-order valence-electron chi connectivity index (χ4n) is 1.46. The number of nitro groups is 1. The van der Waals surface area contributed by atoms with Gasteiger partial charge in [0.15, 0.2) is 0 Å². The number of hydrogen-bond donors (Lipinski definition) is 0. The van der Waals surface area contributed by atoms with Crippen molar-refractivity contribution in [1.29, 1.82) is 5.26 Å². The molecule has 0 spiro atoms. The number of nitrogens with zero attached hydrogens (tertiary/aromatic N) is 3. The van der Waals surface area contributed by atoms with Gasteiger partial charge in [-0.25, -0.2) is 0 Å². The second kappa shape index (κ2) is 6.33. The van der Waals surface area contributed by atoms with Gasteiger partial charge in [0, 0.05) is 22.6 Å². The van der Waals surface area contributed by atoms with Crippen molar-refractivity contribution in [2.45, 2.75) is 13.5 Å². The molecule has 90 valence electrons. The number of nitro benzene ring substituents is 1. The molecular weight excluding hydrogens is 286 g/mol. The van der Waals surface area contributed by atoms with E-state index >= 15 is 0 Å². The highest BCUT2D eigenvalue weighted by Gasteiger charge is 2.16. The molecule has 0 amide bonds. The smallest absolute Gasteiger partial charge is 0.275 e. The molecule has 1 rings (SSSR count). The molecule has 5 nitrogen and oxygen atoms in total. The topological polar surface area (TPSA) is 70.2 Å². The number of benzene rings is 1. The fraction of sp³-hybridized carbons (Fsp3) is 0.364. The van der Waals surface area contributed by atoms with Crippen LogP contribution < -0.4 is 0 Å². The Balaban J connectivity index is 2.97. The quantitative estimate of drug-likeness (QED) is 0.476. The zero-order chi connectivity index (χ0) is 12.8. The Labute approximate surface area is 108 Å². The number of hydrogen-bond acceptors (Lipinski definition) is 4. The Morgan fingerprint density at radius 2 is 2.29 bits per heavy atom. The van der Waals surface area contributed by atoms with Crippen molar-refractivity contribution in [2.24, 2.45) is 0 Å². The van der Waals surface area contributed by atoms with Gasteiger partial charge in [-0.15, -0.1) is 0 Å². The first-order valence-corrected chi connectivity index (χ1v) is 5.90. The van der Waals surface area contributed by atoms with E-state index in [1.807, 2.05) is 17.9 Å². The van der Waals surface area contributed by atoms with Crippen LogP contribution in [0.25, 0.3) is 0 Å². The van der Waals surface area contributed by atoms with Crippen LogP contribution >= 0.6 is 15.9 Å². The Morgan fingerprint density at radius 1 is 1.59 bits per heavy atom. The molecule has 0 unspecified atom stereocenters. The maximum absolute atomic E-state index is 10.9. The first-order chi connectivity index (χ1) is 8.08. The minimum atomic E-state index is -0.402. The summed E-state index contributed by atoms with van der Waals surface area (Å²) in [5, 5.41) is 19.5. The first-order valence-electron chi connectivity index (χ1n) is 5.10. The van der Waals surface area contributed by atoms with E-state index in [9.17, 15) is 10.1 Å². The molecular formula is C11H12BrN3O2. The van der Waals surface area contributed by atoms with E-state index in [0.717, 1.165) is 0 Å². The highest BCUT2D eigenvalue weighted by molar-refractivity contribution is 9.10. The average molecular weight is 298 g/mol. The third kappa shape index (κ3) is 3.80. The van der Waals surface area contributed by atoms with Crippen LogP contribution in [0.3, 0.4) is 0 Å². The van der Waals surface area contributed by atoms with Crippen molar-refractivity contribution in [2.75, 3.05) is 13.1 Å². The minimum Gasteiger partial charge on any atom is -0.286 e. The second-order valence-corrected chi connectivity index (χ2v) is 4.41. The van der Waals surface area contributed by atoms with Crippen molar-refractivity contribution in [1.82, 2.24) is 4.90 Å². The van der Waals surface area contributed by atoms with E-state index in [-0.39, 0.29) is 12.2 Å². The molecule has 0 aliphatic heterocycles. The van der Waals surface area contributed by atoms with Gasteiger partial charge in [0.1, 0.15) is 0 Å². The molecule has 0 N–H and O–H groups in total. The summed E-state index contributed by atoms with van der Waals surface area (Å²) in [6, 6.07) is 7.00. The van der Waals surface area contributed by atoms with Crippen LogP contribution in [0.1, 0.15) is 12.5 Å². The van der Waals surface area contributed by atoms with Crippen LogP contribution in [0.2, 0.25) is 0 Å². The Morgan fingerprint density at radius 3 is 2.82 bits per heavy atom. The van der Waals surface area contributed by atoms with Crippen molar-refractivity contribution in [3.05, 3.63) is 38.3 Å². The van der Waals surface area contributed by atoms with E-state index in [4.69, 9.17) is 5.26 Å². The molecule has 0 aliphatic rings.